The molecule has 0 spiro atoms. The average Bonchev–Trinajstić information content (AvgIpc) is 2.47. The summed E-state index contributed by atoms with van der Waals surface area (Å²) in [6, 6.07) is 0.277. The van der Waals surface area contributed by atoms with Crippen molar-refractivity contribution in [1.29, 1.82) is 0 Å². The molecule has 4 heteroatoms. The Morgan fingerprint density at radius 2 is 2.15 bits per heavy atom. The van der Waals surface area contributed by atoms with Gasteiger partial charge >= 0.3 is 0 Å². The van der Waals surface area contributed by atoms with E-state index in [1.807, 2.05) is 6.92 Å². The number of carbonyl (C=O) groups is 1. The van der Waals surface area contributed by atoms with Gasteiger partial charge in [0.15, 0.2) is 0 Å². The van der Waals surface area contributed by atoms with Gasteiger partial charge in [-0.15, -0.1) is 0 Å². The summed E-state index contributed by atoms with van der Waals surface area (Å²) in [5, 5.41) is 5.89. The van der Waals surface area contributed by atoms with Gasteiger partial charge in [0.25, 0.3) is 0 Å². The molecule has 2 aliphatic heterocycles. The summed E-state index contributed by atoms with van der Waals surface area (Å²) in [6.07, 6.45) is 2.34. The molecule has 2 rings (SSSR count). The molecule has 1 fully saturated rings. The van der Waals surface area contributed by atoms with Crippen molar-refractivity contribution >= 4 is 11.6 Å². The fraction of sp³-hybridized carbons (Fsp3) is 0.778. The van der Waals surface area contributed by atoms with E-state index in [0.29, 0.717) is 6.42 Å². The zero-order valence-corrected chi connectivity index (χ0v) is 7.82. The minimum Gasteiger partial charge on any atom is -0.381 e. The first-order valence-corrected chi connectivity index (χ1v) is 4.71. The molecular weight excluding hydrogens is 168 g/mol. The Bertz CT molecular complexity index is 244. The van der Waals surface area contributed by atoms with Crippen molar-refractivity contribution in [3.63, 3.8) is 0 Å². The van der Waals surface area contributed by atoms with Crippen LogP contribution in [0.2, 0.25) is 0 Å². The van der Waals surface area contributed by atoms with Gasteiger partial charge in [0.2, 0.25) is 5.91 Å². The first-order chi connectivity index (χ1) is 6.27. The number of hydrazone groups is 1. The molecule has 0 bridgehead atoms. The molecule has 0 unspecified atom stereocenters. The van der Waals surface area contributed by atoms with Crippen LogP contribution in [0.3, 0.4) is 0 Å². The normalized spacial score (nSPS) is 25.2. The number of nitrogens with zero attached hydrogens (tertiary/aromatic N) is 2. The molecule has 0 saturated carbocycles. The Kier molecular flexibility index (Phi) is 2.31. The van der Waals surface area contributed by atoms with Crippen LogP contribution in [-0.4, -0.2) is 35.9 Å². The maximum Gasteiger partial charge on any atom is 0.248 e. The van der Waals surface area contributed by atoms with Gasteiger partial charge in [-0.05, 0) is 19.8 Å². The summed E-state index contributed by atoms with van der Waals surface area (Å²) in [6.45, 7) is 3.41. The third-order valence-corrected chi connectivity index (χ3v) is 2.48. The quantitative estimate of drug-likeness (QED) is 0.601. The number of hydrogen-bond acceptors (Lipinski definition) is 3. The van der Waals surface area contributed by atoms with Crippen LogP contribution < -0.4 is 0 Å². The zero-order valence-electron chi connectivity index (χ0n) is 7.82. The number of carbonyl (C=O) groups excluding carboxylic acids is 1. The predicted octanol–water partition coefficient (Wildman–Crippen LogP) is 0.774. The van der Waals surface area contributed by atoms with Crippen molar-refractivity contribution < 1.29 is 9.53 Å². The maximum atomic E-state index is 11.5. The van der Waals surface area contributed by atoms with Gasteiger partial charge in [-0.2, -0.15) is 5.10 Å². The second-order valence-corrected chi connectivity index (χ2v) is 3.59. The topological polar surface area (TPSA) is 41.9 Å². The van der Waals surface area contributed by atoms with Crippen molar-refractivity contribution in [2.75, 3.05) is 13.2 Å². The lowest BCUT2D eigenvalue weighted by atomic mass is 10.1. The van der Waals surface area contributed by atoms with Crippen molar-refractivity contribution in [3.8, 4) is 0 Å². The molecule has 0 aliphatic carbocycles. The molecule has 0 N–H and O–H groups in total. The smallest absolute Gasteiger partial charge is 0.248 e. The highest BCUT2D eigenvalue weighted by Crippen LogP contribution is 2.19. The van der Waals surface area contributed by atoms with Crippen LogP contribution >= 0.6 is 0 Å². The van der Waals surface area contributed by atoms with Gasteiger partial charge in [0, 0.05) is 18.9 Å². The number of rotatable bonds is 1. The minimum absolute atomic E-state index is 0.143. The summed E-state index contributed by atoms with van der Waals surface area (Å²) in [5.41, 5.74) is 0.927. The Hall–Kier alpha value is -0.900. The van der Waals surface area contributed by atoms with E-state index in [1.165, 1.54) is 0 Å². The van der Waals surface area contributed by atoms with Crippen LogP contribution in [0.5, 0.6) is 0 Å². The van der Waals surface area contributed by atoms with Gasteiger partial charge in [-0.1, -0.05) is 0 Å². The van der Waals surface area contributed by atoms with Gasteiger partial charge in [-0.25, -0.2) is 5.01 Å². The SMILES string of the molecule is CC1=NN(C2CCOCC2)C(=O)C1. The van der Waals surface area contributed by atoms with Crippen LogP contribution in [-0.2, 0) is 9.53 Å². The van der Waals surface area contributed by atoms with Gasteiger partial charge < -0.3 is 4.74 Å². The standard InChI is InChI=1S/C9H14N2O2/c1-7-6-9(12)11(10-7)8-2-4-13-5-3-8/h8H,2-6H2,1H3. The molecule has 0 aromatic carbocycles. The monoisotopic (exact) mass is 182 g/mol. The summed E-state index contributed by atoms with van der Waals surface area (Å²) in [5.74, 6) is 0.143. The fourth-order valence-electron chi connectivity index (χ4n) is 1.79. The molecule has 2 aliphatic rings. The average molecular weight is 182 g/mol. The molecule has 0 aromatic heterocycles. The van der Waals surface area contributed by atoms with Crippen molar-refractivity contribution in [3.05, 3.63) is 0 Å². The summed E-state index contributed by atoms with van der Waals surface area (Å²) in [4.78, 5) is 11.5. The Morgan fingerprint density at radius 3 is 2.69 bits per heavy atom. The maximum absolute atomic E-state index is 11.5. The van der Waals surface area contributed by atoms with Gasteiger partial charge in [-0.3, -0.25) is 4.79 Å². The zero-order chi connectivity index (χ0) is 9.26. The van der Waals surface area contributed by atoms with E-state index in [2.05, 4.69) is 5.10 Å². The van der Waals surface area contributed by atoms with E-state index in [9.17, 15) is 4.79 Å². The van der Waals surface area contributed by atoms with Crippen LogP contribution in [0, 0.1) is 0 Å². The lowest BCUT2D eigenvalue weighted by molar-refractivity contribution is -0.132. The van der Waals surface area contributed by atoms with E-state index in [0.717, 1.165) is 31.8 Å². The van der Waals surface area contributed by atoms with Crippen LogP contribution in [0.15, 0.2) is 5.10 Å². The summed E-state index contributed by atoms with van der Waals surface area (Å²) < 4.78 is 5.23. The van der Waals surface area contributed by atoms with E-state index in [4.69, 9.17) is 4.74 Å². The third kappa shape index (κ3) is 1.72. The van der Waals surface area contributed by atoms with E-state index < -0.39 is 0 Å². The van der Waals surface area contributed by atoms with Crippen LogP contribution in [0.1, 0.15) is 26.2 Å². The van der Waals surface area contributed by atoms with Gasteiger partial charge in [0.05, 0.1) is 12.5 Å². The minimum atomic E-state index is 0.143. The molecule has 0 radical (unpaired) electrons. The third-order valence-electron chi connectivity index (χ3n) is 2.48. The Balaban J connectivity index is 2.02. The highest BCUT2D eigenvalue weighted by atomic mass is 16.5. The number of amides is 1. The fourth-order valence-corrected chi connectivity index (χ4v) is 1.79. The second-order valence-electron chi connectivity index (χ2n) is 3.59. The lowest BCUT2D eigenvalue weighted by Gasteiger charge is -2.27. The summed E-state index contributed by atoms with van der Waals surface area (Å²) in [7, 11) is 0. The van der Waals surface area contributed by atoms with Gasteiger partial charge in [0.1, 0.15) is 0 Å². The molecule has 13 heavy (non-hydrogen) atoms. The van der Waals surface area contributed by atoms with E-state index in [-0.39, 0.29) is 11.9 Å². The summed E-state index contributed by atoms with van der Waals surface area (Å²) >= 11 is 0. The first kappa shape index (κ1) is 8.69. The molecular formula is C9H14N2O2. The lowest BCUT2D eigenvalue weighted by Crippen LogP contribution is -2.37. The Labute approximate surface area is 77.5 Å². The van der Waals surface area contributed by atoms with Crippen molar-refractivity contribution in [2.24, 2.45) is 5.10 Å². The van der Waals surface area contributed by atoms with E-state index in [1.54, 1.807) is 5.01 Å². The molecule has 0 atom stereocenters. The molecule has 72 valence electrons. The number of hydrogen-bond donors (Lipinski definition) is 0. The molecule has 1 amide bonds. The predicted molar refractivity (Wildman–Crippen MR) is 48.4 cm³/mol. The first-order valence-electron chi connectivity index (χ1n) is 4.71. The largest absolute Gasteiger partial charge is 0.381 e. The molecule has 1 saturated heterocycles. The second kappa shape index (κ2) is 3.46. The highest BCUT2D eigenvalue weighted by Gasteiger charge is 2.29. The Morgan fingerprint density at radius 1 is 1.46 bits per heavy atom. The van der Waals surface area contributed by atoms with Crippen LogP contribution in [0.4, 0.5) is 0 Å². The molecule has 0 aromatic rings. The van der Waals surface area contributed by atoms with Crippen molar-refractivity contribution in [1.82, 2.24) is 5.01 Å². The van der Waals surface area contributed by atoms with Crippen LogP contribution in [0.25, 0.3) is 0 Å². The molecule has 4 nitrogen and oxygen atoms in total. The van der Waals surface area contributed by atoms with E-state index >= 15 is 0 Å². The number of ether oxygens (including phenoxy) is 1. The highest BCUT2D eigenvalue weighted by molar-refractivity contribution is 6.03. The molecule has 2 heterocycles. The van der Waals surface area contributed by atoms with Crippen molar-refractivity contribution in [2.45, 2.75) is 32.2 Å².